The van der Waals surface area contributed by atoms with Gasteiger partial charge in [-0.25, -0.2) is 0 Å². The molecule has 3 nitrogen and oxygen atoms in total. The molecule has 70 valence electrons. The molecule has 1 heterocycles. The summed E-state index contributed by atoms with van der Waals surface area (Å²) >= 11 is 0. The number of carbonyl (C=O) groups is 1. The summed E-state index contributed by atoms with van der Waals surface area (Å²) in [5, 5.41) is 8.88. The third-order valence-electron chi connectivity index (χ3n) is 2.26. The molecule has 3 heteroatoms. The van der Waals surface area contributed by atoms with E-state index in [2.05, 4.69) is 0 Å². The van der Waals surface area contributed by atoms with Crippen LogP contribution in [0.3, 0.4) is 0 Å². The van der Waals surface area contributed by atoms with E-state index in [1.165, 1.54) is 0 Å². The van der Waals surface area contributed by atoms with E-state index in [0.29, 0.717) is 0 Å². The van der Waals surface area contributed by atoms with Crippen molar-refractivity contribution in [1.82, 2.24) is 4.90 Å². The van der Waals surface area contributed by atoms with Crippen molar-refractivity contribution in [1.29, 1.82) is 0 Å². The number of rotatable bonds is 1. The minimum Gasteiger partial charge on any atom is -0.394 e. The smallest absolute Gasteiger partial charge is 0.228 e. The standard InChI is InChI=1S/C9H17NO2/c1-9(2,3)8(12)10-5-4-7(10)6-11/h7,11H,4-6H2,1-3H3. The Labute approximate surface area is 73.4 Å². The van der Waals surface area contributed by atoms with E-state index >= 15 is 0 Å². The van der Waals surface area contributed by atoms with Crippen molar-refractivity contribution >= 4 is 5.91 Å². The highest BCUT2D eigenvalue weighted by molar-refractivity contribution is 5.82. The Morgan fingerprint density at radius 2 is 2.17 bits per heavy atom. The summed E-state index contributed by atoms with van der Waals surface area (Å²) < 4.78 is 0. The molecule has 0 radical (unpaired) electrons. The quantitative estimate of drug-likeness (QED) is 0.628. The Bertz CT molecular complexity index is 181. The van der Waals surface area contributed by atoms with Gasteiger partial charge in [0, 0.05) is 12.0 Å². The third kappa shape index (κ3) is 1.61. The van der Waals surface area contributed by atoms with Crippen LogP contribution in [-0.4, -0.2) is 35.1 Å². The zero-order chi connectivity index (χ0) is 9.35. The predicted molar refractivity (Wildman–Crippen MR) is 46.7 cm³/mol. The van der Waals surface area contributed by atoms with E-state index in [9.17, 15) is 4.79 Å². The van der Waals surface area contributed by atoms with Crippen LogP contribution in [-0.2, 0) is 4.79 Å². The molecule has 0 aromatic heterocycles. The first kappa shape index (κ1) is 9.52. The molecular formula is C9H17NO2. The van der Waals surface area contributed by atoms with Crippen molar-refractivity contribution in [3.8, 4) is 0 Å². The second kappa shape index (κ2) is 3.05. The molecule has 1 N–H and O–H groups in total. The molecule has 0 spiro atoms. The van der Waals surface area contributed by atoms with Gasteiger partial charge in [-0.2, -0.15) is 0 Å². The molecule has 1 amide bonds. The fourth-order valence-electron chi connectivity index (χ4n) is 1.33. The molecule has 12 heavy (non-hydrogen) atoms. The number of hydrogen-bond donors (Lipinski definition) is 1. The number of carbonyl (C=O) groups excluding carboxylic acids is 1. The van der Waals surface area contributed by atoms with Crippen LogP contribution in [0, 0.1) is 5.41 Å². The van der Waals surface area contributed by atoms with Crippen LogP contribution in [0.15, 0.2) is 0 Å². The first-order chi connectivity index (χ1) is 5.46. The van der Waals surface area contributed by atoms with Gasteiger partial charge in [0.15, 0.2) is 0 Å². The lowest BCUT2D eigenvalue weighted by molar-refractivity contribution is -0.149. The Hall–Kier alpha value is -0.570. The van der Waals surface area contributed by atoms with Crippen LogP contribution in [0.25, 0.3) is 0 Å². The maximum Gasteiger partial charge on any atom is 0.228 e. The summed E-state index contributed by atoms with van der Waals surface area (Å²) in [7, 11) is 0. The molecule has 1 unspecified atom stereocenters. The van der Waals surface area contributed by atoms with Crippen LogP contribution < -0.4 is 0 Å². The van der Waals surface area contributed by atoms with Gasteiger partial charge in [-0.1, -0.05) is 20.8 Å². The fraction of sp³-hybridized carbons (Fsp3) is 0.889. The van der Waals surface area contributed by atoms with Crippen LogP contribution in [0.2, 0.25) is 0 Å². The molecule has 0 aromatic carbocycles. The maximum atomic E-state index is 11.6. The molecule has 1 aliphatic rings. The summed E-state index contributed by atoms with van der Waals surface area (Å²) in [5.41, 5.74) is -0.312. The molecule has 1 atom stereocenters. The number of nitrogens with zero attached hydrogens (tertiary/aromatic N) is 1. The number of hydrogen-bond acceptors (Lipinski definition) is 2. The molecule has 1 aliphatic heterocycles. The highest BCUT2D eigenvalue weighted by Crippen LogP contribution is 2.25. The van der Waals surface area contributed by atoms with Gasteiger partial charge in [0.05, 0.1) is 12.6 Å². The maximum absolute atomic E-state index is 11.6. The van der Waals surface area contributed by atoms with E-state index in [1.807, 2.05) is 20.8 Å². The van der Waals surface area contributed by atoms with E-state index in [-0.39, 0.29) is 24.0 Å². The Balaban J connectivity index is 2.54. The Kier molecular flexibility index (Phi) is 2.42. The van der Waals surface area contributed by atoms with Crippen LogP contribution in [0.1, 0.15) is 27.2 Å². The fourth-order valence-corrected chi connectivity index (χ4v) is 1.33. The lowest BCUT2D eigenvalue weighted by Crippen LogP contribution is -2.56. The molecule has 0 aliphatic carbocycles. The summed E-state index contributed by atoms with van der Waals surface area (Å²) in [6.45, 7) is 6.62. The highest BCUT2D eigenvalue weighted by atomic mass is 16.3. The van der Waals surface area contributed by atoms with Gasteiger partial charge in [-0.05, 0) is 6.42 Å². The van der Waals surface area contributed by atoms with Crippen molar-refractivity contribution in [2.45, 2.75) is 33.2 Å². The van der Waals surface area contributed by atoms with Crippen molar-refractivity contribution in [2.75, 3.05) is 13.2 Å². The minimum atomic E-state index is -0.312. The summed E-state index contributed by atoms with van der Waals surface area (Å²) in [6.07, 6.45) is 0.943. The van der Waals surface area contributed by atoms with Crippen molar-refractivity contribution in [3.63, 3.8) is 0 Å². The van der Waals surface area contributed by atoms with Crippen molar-refractivity contribution in [3.05, 3.63) is 0 Å². The molecule has 0 saturated carbocycles. The molecule has 1 saturated heterocycles. The molecular weight excluding hydrogens is 154 g/mol. The van der Waals surface area contributed by atoms with Gasteiger partial charge in [-0.15, -0.1) is 0 Å². The summed E-state index contributed by atoms with van der Waals surface area (Å²) in [5.74, 6) is 0.146. The molecule has 0 bridgehead atoms. The number of aliphatic hydroxyl groups is 1. The Morgan fingerprint density at radius 1 is 1.58 bits per heavy atom. The summed E-state index contributed by atoms with van der Waals surface area (Å²) in [4.78, 5) is 13.4. The third-order valence-corrected chi connectivity index (χ3v) is 2.26. The average Bonchev–Trinajstić information content (AvgIpc) is 1.84. The topological polar surface area (TPSA) is 40.5 Å². The van der Waals surface area contributed by atoms with Crippen LogP contribution in [0.4, 0.5) is 0 Å². The predicted octanol–water partition coefficient (Wildman–Crippen LogP) is 0.626. The van der Waals surface area contributed by atoms with Crippen LogP contribution >= 0.6 is 0 Å². The highest BCUT2D eigenvalue weighted by Gasteiger charge is 2.36. The van der Waals surface area contributed by atoms with E-state index in [4.69, 9.17) is 5.11 Å². The van der Waals surface area contributed by atoms with Crippen molar-refractivity contribution < 1.29 is 9.90 Å². The monoisotopic (exact) mass is 171 g/mol. The first-order valence-corrected chi connectivity index (χ1v) is 4.38. The van der Waals surface area contributed by atoms with E-state index in [0.717, 1.165) is 13.0 Å². The molecule has 1 fully saturated rings. The van der Waals surface area contributed by atoms with Gasteiger partial charge >= 0.3 is 0 Å². The molecule has 0 aromatic rings. The number of amides is 1. The largest absolute Gasteiger partial charge is 0.394 e. The zero-order valence-corrected chi connectivity index (χ0v) is 8.00. The number of aliphatic hydroxyl groups excluding tert-OH is 1. The minimum absolute atomic E-state index is 0.0803. The van der Waals surface area contributed by atoms with E-state index in [1.54, 1.807) is 4.90 Å². The molecule has 1 rings (SSSR count). The van der Waals surface area contributed by atoms with Gasteiger partial charge in [0.25, 0.3) is 0 Å². The van der Waals surface area contributed by atoms with Gasteiger partial charge in [-0.3, -0.25) is 4.79 Å². The lowest BCUT2D eigenvalue weighted by Gasteiger charge is -2.43. The van der Waals surface area contributed by atoms with Crippen LogP contribution in [0.5, 0.6) is 0 Å². The SMILES string of the molecule is CC(C)(C)C(=O)N1CCC1CO. The average molecular weight is 171 g/mol. The second-order valence-electron chi connectivity index (χ2n) is 4.37. The zero-order valence-electron chi connectivity index (χ0n) is 8.00. The second-order valence-corrected chi connectivity index (χ2v) is 4.37. The number of likely N-dealkylation sites (tertiary alicyclic amines) is 1. The normalized spacial score (nSPS) is 23.7. The lowest BCUT2D eigenvalue weighted by atomic mass is 9.91. The van der Waals surface area contributed by atoms with Gasteiger partial charge in [0.2, 0.25) is 5.91 Å². The first-order valence-electron chi connectivity index (χ1n) is 4.38. The summed E-state index contributed by atoms with van der Waals surface area (Å²) in [6, 6.07) is 0.0803. The Morgan fingerprint density at radius 3 is 2.42 bits per heavy atom. The van der Waals surface area contributed by atoms with Gasteiger partial charge in [0.1, 0.15) is 0 Å². The van der Waals surface area contributed by atoms with Gasteiger partial charge < -0.3 is 10.0 Å². The van der Waals surface area contributed by atoms with Crippen molar-refractivity contribution in [2.24, 2.45) is 5.41 Å². The van der Waals surface area contributed by atoms with E-state index < -0.39 is 0 Å².